The van der Waals surface area contributed by atoms with Crippen molar-refractivity contribution in [2.75, 3.05) is 19.8 Å². The van der Waals surface area contributed by atoms with E-state index in [9.17, 15) is 14.7 Å². The van der Waals surface area contributed by atoms with E-state index in [4.69, 9.17) is 10.5 Å². The highest BCUT2D eigenvalue weighted by Gasteiger charge is 2.49. The van der Waals surface area contributed by atoms with E-state index in [1.54, 1.807) is 6.92 Å². The first kappa shape index (κ1) is 14.3. The fourth-order valence-electron chi connectivity index (χ4n) is 2.89. The van der Waals surface area contributed by atoms with Gasteiger partial charge in [0, 0.05) is 19.8 Å². The van der Waals surface area contributed by atoms with Crippen LogP contribution in [0.5, 0.6) is 0 Å². The Morgan fingerprint density at radius 2 is 1.84 bits per heavy atom. The van der Waals surface area contributed by atoms with Crippen LogP contribution < -0.4 is 5.73 Å². The molecule has 2 fully saturated rings. The first-order valence-corrected chi connectivity index (χ1v) is 6.82. The summed E-state index contributed by atoms with van der Waals surface area (Å²) in [4.78, 5) is 25.7. The fraction of sp³-hybridized carbons (Fsp3) is 0.846. The van der Waals surface area contributed by atoms with E-state index in [2.05, 4.69) is 0 Å². The minimum absolute atomic E-state index is 0.236. The van der Waals surface area contributed by atoms with Gasteiger partial charge in [-0.25, -0.2) is 4.79 Å². The van der Waals surface area contributed by atoms with Gasteiger partial charge < -0.3 is 20.5 Å². The summed E-state index contributed by atoms with van der Waals surface area (Å²) in [5.74, 6) is -1.18. The number of rotatable bonds is 2. The van der Waals surface area contributed by atoms with Gasteiger partial charge in [-0.2, -0.15) is 0 Å². The van der Waals surface area contributed by atoms with E-state index >= 15 is 0 Å². The smallest absolute Gasteiger partial charge is 0.329 e. The monoisotopic (exact) mass is 270 g/mol. The van der Waals surface area contributed by atoms with Gasteiger partial charge in [0.05, 0.1) is 5.54 Å². The molecule has 0 aromatic rings. The third kappa shape index (κ3) is 2.47. The number of aliphatic carboxylic acids is 1. The Bertz CT molecular complexity index is 379. The SMILES string of the molecule is CC1(C(=O)O)CCCCN1C(=O)C1(N)CCOCC1. The molecule has 2 aliphatic heterocycles. The molecular weight excluding hydrogens is 248 g/mol. The van der Waals surface area contributed by atoms with E-state index in [0.717, 1.165) is 12.8 Å². The van der Waals surface area contributed by atoms with Gasteiger partial charge in [0.2, 0.25) is 5.91 Å². The molecule has 19 heavy (non-hydrogen) atoms. The molecule has 6 nitrogen and oxygen atoms in total. The minimum atomic E-state index is -1.12. The molecule has 2 heterocycles. The fourth-order valence-corrected chi connectivity index (χ4v) is 2.89. The van der Waals surface area contributed by atoms with Crippen LogP contribution in [0.3, 0.4) is 0 Å². The molecule has 3 N–H and O–H groups in total. The Kier molecular flexibility index (Phi) is 3.82. The predicted molar refractivity (Wildman–Crippen MR) is 68.6 cm³/mol. The summed E-state index contributed by atoms with van der Waals surface area (Å²) in [5.41, 5.74) is 4.10. The van der Waals surface area contributed by atoms with E-state index in [1.165, 1.54) is 4.90 Å². The lowest BCUT2D eigenvalue weighted by Gasteiger charge is -2.46. The van der Waals surface area contributed by atoms with Crippen LogP contribution in [-0.4, -0.2) is 52.7 Å². The summed E-state index contributed by atoms with van der Waals surface area (Å²) in [6, 6.07) is 0. The molecule has 2 aliphatic rings. The molecule has 0 bridgehead atoms. The van der Waals surface area contributed by atoms with Crippen LogP contribution in [0.2, 0.25) is 0 Å². The lowest BCUT2D eigenvalue weighted by atomic mass is 9.83. The summed E-state index contributed by atoms with van der Waals surface area (Å²) >= 11 is 0. The van der Waals surface area contributed by atoms with Crippen molar-refractivity contribution in [1.29, 1.82) is 0 Å². The summed E-state index contributed by atoms with van der Waals surface area (Å²) in [6.07, 6.45) is 3.06. The zero-order valence-electron chi connectivity index (χ0n) is 11.4. The molecule has 0 saturated carbocycles. The predicted octanol–water partition coefficient (Wildman–Crippen LogP) is 0.350. The Morgan fingerprint density at radius 1 is 1.21 bits per heavy atom. The second kappa shape index (κ2) is 5.09. The highest BCUT2D eigenvalue weighted by molar-refractivity contribution is 5.92. The number of ether oxygens (including phenoxy) is 1. The summed E-state index contributed by atoms with van der Waals surface area (Å²) in [5, 5.41) is 9.44. The van der Waals surface area contributed by atoms with E-state index < -0.39 is 17.0 Å². The quantitative estimate of drug-likeness (QED) is 0.755. The van der Waals surface area contributed by atoms with Crippen LogP contribution in [0.4, 0.5) is 0 Å². The zero-order valence-corrected chi connectivity index (χ0v) is 11.4. The van der Waals surface area contributed by atoms with Crippen LogP contribution >= 0.6 is 0 Å². The Hall–Kier alpha value is -1.14. The first-order valence-electron chi connectivity index (χ1n) is 6.82. The molecular formula is C13H22N2O4. The molecule has 0 aromatic heterocycles. The minimum Gasteiger partial charge on any atom is -0.480 e. The number of amides is 1. The topological polar surface area (TPSA) is 92.9 Å². The molecule has 0 spiro atoms. The van der Waals surface area contributed by atoms with Crippen molar-refractivity contribution < 1.29 is 19.4 Å². The maximum absolute atomic E-state index is 12.7. The van der Waals surface area contributed by atoms with Gasteiger partial charge in [-0.1, -0.05) is 0 Å². The van der Waals surface area contributed by atoms with Gasteiger partial charge in [-0.3, -0.25) is 4.79 Å². The number of carbonyl (C=O) groups excluding carboxylic acids is 1. The van der Waals surface area contributed by atoms with Gasteiger partial charge in [0.1, 0.15) is 5.54 Å². The number of carboxylic acid groups (broad SMARTS) is 1. The van der Waals surface area contributed by atoms with Gasteiger partial charge in [0.15, 0.2) is 0 Å². The van der Waals surface area contributed by atoms with Crippen LogP contribution in [0.25, 0.3) is 0 Å². The molecule has 6 heteroatoms. The average molecular weight is 270 g/mol. The standard InChI is InChI=1S/C13H22N2O4/c1-12(11(17)18)4-2-3-7-15(12)10(16)13(14)5-8-19-9-6-13/h2-9,14H2,1H3,(H,17,18). The van der Waals surface area contributed by atoms with Crippen molar-refractivity contribution in [2.24, 2.45) is 5.73 Å². The van der Waals surface area contributed by atoms with Crippen molar-refractivity contribution in [3.63, 3.8) is 0 Å². The number of carbonyl (C=O) groups is 2. The van der Waals surface area contributed by atoms with Crippen molar-refractivity contribution >= 4 is 11.9 Å². The highest BCUT2D eigenvalue weighted by atomic mass is 16.5. The van der Waals surface area contributed by atoms with Gasteiger partial charge >= 0.3 is 5.97 Å². The van der Waals surface area contributed by atoms with Crippen LogP contribution in [0.1, 0.15) is 39.0 Å². The molecule has 0 aliphatic carbocycles. The lowest BCUT2D eigenvalue weighted by Crippen LogP contribution is -2.66. The number of piperidine rings is 1. The normalized spacial score (nSPS) is 30.9. The highest BCUT2D eigenvalue weighted by Crippen LogP contribution is 2.32. The summed E-state index contributed by atoms with van der Waals surface area (Å²) in [7, 11) is 0. The third-order valence-corrected chi connectivity index (χ3v) is 4.41. The number of nitrogens with two attached hydrogens (primary N) is 1. The number of hydrogen-bond donors (Lipinski definition) is 2. The largest absolute Gasteiger partial charge is 0.480 e. The van der Waals surface area contributed by atoms with E-state index in [1.807, 2.05) is 0 Å². The second-order valence-corrected chi connectivity index (χ2v) is 5.76. The lowest BCUT2D eigenvalue weighted by molar-refractivity contribution is -0.165. The summed E-state index contributed by atoms with van der Waals surface area (Å²) in [6.45, 7) is 3.01. The first-order chi connectivity index (χ1) is 8.90. The Balaban J connectivity index is 2.22. The van der Waals surface area contributed by atoms with Crippen LogP contribution in [-0.2, 0) is 14.3 Å². The molecule has 0 aromatic carbocycles. The second-order valence-electron chi connectivity index (χ2n) is 5.76. The Labute approximate surface area is 112 Å². The van der Waals surface area contributed by atoms with Crippen LogP contribution in [0, 0.1) is 0 Å². The van der Waals surface area contributed by atoms with Crippen LogP contribution in [0.15, 0.2) is 0 Å². The third-order valence-electron chi connectivity index (χ3n) is 4.41. The van der Waals surface area contributed by atoms with Gasteiger partial charge in [-0.15, -0.1) is 0 Å². The molecule has 108 valence electrons. The maximum Gasteiger partial charge on any atom is 0.329 e. The van der Waals surface area contributed by atoms with Gasteiger partial charge in [-0.05, 0) is 39.0 Å². The molecule has 0 radical (unpaired) electrons. The molecule has 1 atom stereocenters. The number of carboxylic acids is 1. The van der Waals surface area contributed by atoms with E-state index in [0.29, 0.717) is 39.0 Å². The average Bonchev–Trinajstić information content (AvgIpc) is 2.39. The molecule has 2 rings (SSSR count). The number of hydrogen-bond acceptors (Lipinski definition) is 4. The van der Waals surface area contributed by atoms with E-state index in [-0.39, 0.29) is 5.91 Å². The number of nitrogens with zero attached hydrogens (tertiary/aromatic N) is 1. The van der Waals surface area contributed by atoms with Crippen molar-refractivity contribution in [3.05, 3.63) is 0 Å². The number of likely N-dealkylation sites (tertiary alicyclic amines) is 1. The zero-order chi connectivity index (χ0) is 14.1. The molecule has 2 saturated heterocycles. The van der Waals surface area contributed by atoms with Crippen molar-refractivity contribution in [1.82, 2.24) is 4.90 Å². The van der Waals surface area contributed by atoms with Crippen molar-refractivity contribution in [2.45, 2.75) is 50.1 Å². The maximum atomic E-state index is 12.7. The molecule has 1 unspecified atom stereocenters. The Morgan fingerprint density at radius 3 is 2.42 bits per heavy atom. The van der Waals surface area contributed by atoms with Gasteiger partial charge in [0.25, 0.3) is 0 Å². The molecule has 1 amide bonds. The summed E-state index contributed by atoms with van der Waals surface area (Å²) < 4.78 is 5.23. The van der Waals surface area contributed by atoms with Crippen molar-refractivity contribution in [3.8, 4) is 0 Å².